The maximum absolute atomic E-state index is 5.95. The second kappa shape index (κ2) is 5.35. The molecule has 1 atom stereocenters. The largest absolute Gasteiger partial charge is 0.367 e. The van der Waals surface area contributed by atoms with Crippen molar-refractivity contribution in [3.05, 3.63) is 30.3 Å². The number of hydrogen-bond donors (Lipinski definition) is 0. The second-order valence-corrected chi connectivity index (χ2v) is 5.53. The van der Waals surface area contributed by atoms with Crippen LogP contribution >= 0.6 is 11.6 Å². The first-order chi connectivity index (χ1) is 5.83. The van der Waals surface area contributed by atoms with Crippen molar-refractivity contribution in [1.29, 1.82) is 0 Å². The van der Waals surface area contributed by atoms with Crippen molar-refractivity contribution in [3.63, 3.8) is 0 Å². The van der Waals surface area contributed by atoms with Crippen LogP contribution in [-0.4, -0.2) is 21.3 Å². The van der Waals surface area contributed by atoms with Crippen molar-refractivity contribution in [3.8, 4) is 0 Å². The van der Waals surface area contributed by atoms with Gasteiger partial charge in [-0.3, -0.25) is 0 Å². The lowest BCUT2D eigenvalue weighted by atomic mass is 10.4. The fourth-order valence-electron chi connectivity index (χ4n) is 1.04. The van der Waals surface area contributed by atoms with Crippen LogP contribution in [0.3, 0.4) is 0 Å². The Labute approximate surface area is 80.5 Å². The van der Waals surface area contributed by atoms with Gasteiger partial charge in [0, 0.05) is 6.61 Å². The standard InChI is InChI=1S/C9H13ClOSi/c1-2-11-9(10)12-8-6-4-3-5-7-8/h3-7,9H,2,12H2,1H3. The lowest BCUT2D eigenvalue weighted by Gasteiger charge is -2.07. The maximum Gasteiger partial charge on any atom is 0.116 e. The molecule has 1 aromatic rings. The van der Waals surface area contributed by atoms with Gasteiger partial charge in [-0.2, -0.15) is 0 Å². The summed E-state index contributed by atoms with van der Waals surface area (Å²) in [4.78, 5) is 0. The van der Waals surface area contributed by atoms with E-state index in [9.17, 15) is 0 Å². The van der Waals surface area contributed by atoms with Crippen molar-refractivity contribution in [2.24, 2.45) is 0 Å². The van der Waals surface area contributed by atoms with Gasteiger partial charge in [0.1, 0.15) is 14.7 Å². The van der Waals surface area contributed by atoms with Gasteiger partial charge in [-0.1, -0.05) is 47.1 Å². The molecule has 1 unspecified atom stereocenters. The van der Waals surface area contributed by atoms with E-state index in [0.29, 0.717) is 6.61 Å². The van der Waals surface area contributed by atoms with Gasteiger partial charge < -0.3 is 4.74 Å². The first kappa shape index (κ1) is 9.77. The van der Waals surface area contributed by atoms with Crippen molar-refractivity contribution in [1.82, 2.24) is 0 Å². The summed E-state index contributed by atoms with van der Waals surface area (Å²) in [6.45, 7) is 2.67. The van der Waals surface area contributed by atoms with Crippen LogP contribution in [0.25, 0.3) is 0 Å². The molecule has 0 amide bonds. The highest BCUT2D eigenvalue weighted by molar-refractivity contribution is 6.63. The van der Waals surface area contributed by atoms with Crippen LogP contribution in [0.15, 0.2) is 30.3 Å². The molecule has 0 aliphatic rings. The molecule has 1 rings (SSSR count). The molecule has 12 heavy (non-hydrogen) atoms. The Morgan fingerprint density at radius 3 is 2.67 bits per heavy atom. The third-order valence-corrected chi connectivity index (χ3v) is 3.67. The van der Waals surface area contributed by atoms with E-state index in [1.54, 1.807) is 0 Å². The van der Waals surface area contributed by atoms with E-state index >= 15 is 0 Å². The molecule has 3 heteroatoms. The number of hydrogen-bond acceptors (Lipinski definition) is 1. The number of benzene rings is 1. The lowest BCUT2D eigenvalue weighted by molar-refractivity contribution is 0.168. The normalized spacial score (nSPS) is 13.8. The summed E-state index contributed by atoms with van der Waals surface area (Å²) in [5.41, 5.74) is 0. The highest BCUT2D eigenvalue weighted by Crippen LogP contribution is 1.95. The number of rotatable bonds is 4. The van der Waals surface area contributed by atoms with Gasteiger partial charge >= 0.3 is 0 Å². The number of halogens is 1. The third-order valence-electron chi connectivity index (χ3n) is 1.59. The fraction of sp³-hybridized carbons (Fsp3) is 0.333. The molecule has 1 aromatic carbocycles. The first-order valence-electron chi connectivity index (χ1n) is 4.12. The molecule has 0 saturated carbocycles. The number of alkyl halides is 1. The highest BCUT2D eigenvalue weighted by atomic mass is 35.5. The zero-order valence-electron chi connectivity index (χ0n) is 7.16. The molecule has 0 spiro atoms. The Hall–Kier alpha value is -0.313. The van der Waals surface area contributed by atoms with Crippen LogP contribution in [0.5, 0.6) is 0 Å². The Morgan fingerprint density at radius 1 is 1.42 bits per heavy atom. The molecule has 0 aromatic heterocycles. The van der Waals surface area contributed by atoms with Gasteiger partial charge in [0.25, 0.3) is 0 Å². The van der Waals surface area contributed by atoms with E-state index in [-0.39, 0.29) is 5.19 Å². The van der Waals surface area contributed by atoms with Crippen molar-refractivity contribution >= 4 is 26.3 Å². The average Bonchev–Trinajstić information content (AvgIpc) is 2.06. The van der Waals surface area contributed by atoms with Gasteiger partial charge in [-0.05, 0) is 6.92 Å². The predicted octanol–water partition coefficient (Wildman–Crippen LogP) is 1.04. The van der Waals surface area contributed by atoms with Gasteiger partial charge in [-0.25, -0.2) is 0 Å². The van der Waals surface area contributed by atoms with E-state index in [1.165, 1.54) is 5.19 Å². The van der Waals surface area contributed by atoms with Crippen LogP contribution in [0.1, 0.15) is 6.92 Å². The van der Waals surface area contributed by atoms with E-state index in [0.717, 1.165) is 0 Å². The average molecular weight is 201 g/mol. The summed E-state index contributed by atoms with van der Waals surface area (Å²) >= 11 is 5.95. The van der Waals surface area contributed by atoms with Crippen LogP contribution < -0.4 is 5.19 Å². The van der Waals surface area contributed by atoms with Crippen molar-refractivity contribution in [2.45, 2.75) is 12.1 Å². The van der Waals surface area contributed by atoms with E-state index < -0.39 is 9.52 Å². The summed E-state index contributed by atoms with van der Waals surface area (Å²) in [6, 6.07) is 10.3. The number of ether oxygens (including phenoxy) is 1. The summed E-state index contributed by atoms with van der Waals surface area (Å²) in [5.74, 6) is 0. The molecule has 0 bridgehead atoms. The van der Waals surface area contributed by atoms with Gasteiger partial charge in [0.15, 0.2) is 0 Å². The molecular weight excluding hydrogens is 188 g/mol. The maximum atomic E-state index is 5.95. The Balaban J connectivity index is 2.41. The van der Waals surface area contributed by atoms with Crippen molar-refractivity contribution in [2.75, 3.05) is 6.61 Å². The molecule has 0 N–H and O–H groups in total. The smallest absolute Gasteiger partial charge is 0.116 e. The lowest BCUT2D eigenvalue weighted by Crippen LogP contribution is -2.25. The Bertz CT molecular complexity index is 215. The van der Waals surface area contributed by atoms with Crippen LogP contribution in [0.4, 0.5) is 0 Å². The van der Waals surface area contributed by atoms with Crippen LogP contribution in [0.2, 0.25) is 0 Å². The molecule has 0 fully saturated rings. The van der Waals surface area contributed by atoms with Crippen molar-refractivity contribution < 1.29 is 4.74 Å². The highest BCUT2D eigenvalue weighted by Gasteiger charge is 2.04. The topological polar surface area (TPSA) is 9.23 Å². The van der Waals surface area contributed by atoms with Crippen LogP contribution in [0, 0.1) is 0 Å². The third kappa shape index (κ3) is 3.39. The zero-order chi connectivity index (χ0) is 8.81. The summed E-state index contributed by atoms with van der Waals surface area (Å²) < 4.78 is 5.27. The molecule has 0 saturated heterocycles. The van der Waals surface area contributed by atoms with Gasteiger partial charge in [0.2, 0.25) is 0 Å². The Morgan fingerprint density at radius 2 is 2.08 bits per heavy atom. The zero-order valence-corrected chi connectivity index (χ0v) is 9.33. The van der Waals surface area contributed by atoms with E-state index in [2.05, 4.69) is 12.1 Å². The fourth-order valence-corrected chi connectivity index (χ4v) is 2.97. The minimum Gasteiger partial charge on any atom is -0.367 e. The summed E-state index contributed by atoms with van der Waals surface area (Å²) in [7, 11) is -0.455. The molecular formula is C9H13ClOSi. The van der Waals surface area contributed by atoms with E-state index in [1.807, 2.05) is 25.1 Å². The molecule has 0 aliphatic heterocycles. The first-order valence-corrected chi connectivity index (χ1v) is 6.08. The molecule has 0 aliphatic carbocycles. The molecule has 1 nitrogen and oxygen atoms in total. The van der Waals surface area contributed by atoms with Gasteiger partial charge in [0.05, 0.1) is 0 Å². The summed E-state index contributed by atoms with van der Waals surface area (Å²) in [5, 5.41) is 1.29. The molecule has 0 radical (unpaired) electrons. The van der Waals surface area contributed by atoms with Gasteiger partial charge in [-0.15, -0.1) is 0 Å². The predicted molar refractivity (Wildman–Crippen MR) is 55.9 cm³/mol. The monoisotopic (exact) mass is 200 g/mol. The SMILES string of the molecule is CCOC(Cl)[SiH2]c1ccccc1. The summed E-state index contributed by atoms with van der Waals surface area (Å²) in [6.07, 6.45) is 0. The van der Waals surface area contributed by atoms with Crippen LogP contribution in [-0.2, 0) is 4.74 Å². The quantitative estimate of drug-likeness (QED) is 0.522. The minimum atomic E-state index is -0.455. The van der Waals surface area contributed by atoms with E-state index in [4.69, 9.17) is 16.3 Å². The second-order valence-electron chi connectivity index (χ2n) is 2.56. The Kier molecular flexibility index (Phi) is 4.36. The minimum absolute atomic E-state index is 0.0580. The molecule has 0 heterocycles. The molecule has 66 valence electrons.